The number of carbonyl (C=O) groups excluding carboxylic acids is 1. The van der Waals surface area contributed by atoms with Gasteiger partial charge in [-0.2, -0.15) is 9.90 Å². The van der Waals surface area contributed by atoms with E-state index in [1.54, 1.807) is 11.8 Å². The number of carbonyl (C=O) groups is 2. The Labute approximate surface area is 133 Å². The predicted molar refractivity (Wildman–Crippen MR) is 82.2 cm³/mol. The number of rotatable bonds is 6. The molecule has 1 saturated carbocycles. The number of carboxylic acid groups (broad SMARTS) is 1. The number of benzene rings is 1. The fourth-order valence-electron chi connectivity index (χ4n) is 2.35. The van der Waals surface area contributed by atoms with E-state index in [1.165, 1.54) is 11.0 Å². The second kappa shape index (κ2) is 6.20. The Hall–Kier alpha value is -2.70. The Balaban J connectivity index is 1.78. The van der Waals surface area contributed by atoms with Crippen LogP contribution in [-0.2, 0) is 4.79 Å². The third kappa shape index (κ3) is 3.39. The number of nitrogens with zero attached hydrogens (tertiary/aromatic N) is 4. The predicted octanol–water partition coefficient (Wildman–Crippen LogP) is 1.59. The van der Waals surface area contributed by atoms with Crippen LogP contribution in [0.25, 0.3) is 5.69 Å². The maximum Gasteiger partial charge on any atom is 0.308 e. The summed E-state index contributed by atoms with van der Waals surface area (Å²) in [6.45, 7) is 1.79. The number of amides is 1. The number of para-hydroxylation sites is 1. The maximum atomic E-state index is 12.6. The van der Waals surface area contributed by atoms with Gasteiger partial charge in [0.15, 0.2) is 5.69 Å². The maximum absolute atomic E-state index is 12.6. The van der Waals surface area contributed by atoms with Crippen LogP contribution in [0.1, 0.15) is 30.3 Å². The summed E-state index contributed by atoms with van der Waals surface area (Å²) in [6, 6.07) is 9.43. The zero-order valence-electron chi connectivity index (χ0n) is 12.8. The fourth-order valence-corrected chi connectivity index (χ4v) is 2.35. The lowest BCUT2D eigenvalue weighted by Crippen LogP contribution is -2.38. The Bertz CT molecular complexity index is 709. The number of aromatic nitrogens is 3. The molecule has 1 aromatic heterocycles. The summed E-state index contributed by atoms with van der Waals surface area (Å²) in [5, 5.41) is 17.4. The molecule has 2 aromatic rings. The zero-order valence-corrected chi connectivity index (χ0v) is 12.8. The molecule has 1 fully saturated rings. The highest BCUT2D eigenvalue weighted by Crippen LogP contribution is 2.28. The van der Waals surface area contributed by atoms with Crippen molar-refractivity contribution in [1.82, 2.24) is 19.9 Å². The molecular formula is C16H18N4O3. The average Bonchev–Trinajstić information content (AvgIpc) is 3.28. The number of carboxylic acids is 1. The van der Waals surface area contributed by atoms with Gasteiger partial charge in [0.1, 0.15) is 0 Å². The molecule has 23 heavy (non-hydrogen) atoms. The minimum Gasteiger partial charge on any atom is -0.481 e. The topological polar surface area (TPSA) is 88.3 Å². The van der Waals surface area contributed by atoms with Crippen molar-refractivity contribution < 1.29 is 14.7 Å². The normalized spacial score (nSPS) is 15.2. The van der Waals surface area contributed by atoms with E-state index in [0.717, 1.165) is 18.5 Å². The minimum absolute atomic E-state index is 0.117. The van der Waals surface area contributed by atoms with Gasteiger partial charge in [-0.3, -0.25) is 9.59 Å². The lowest BCUT2D eigenvalue weighted by molar-refractivity contribution is -0.141. The molecule has 7 heteroatoms. The summed E-state index contributed by atoms with van der Waals surface area (Å²) in [5.74, 6) is -1.78. The van der Waals surface area contributed by atoms with Crippen molar-refractivity contribution in [2.75, 3.05) is 6.54 Å². The van der Waals surface area contributed by atoms with E-state index in [9.17, 15) is 9.59 Å². The van der Waals surface area contributed by atoms with Crippen molar-refractivity contribution >= 4 is 11.9 Å². The van der Waals surface area contributed by atoms with Gasteiger partial charge in [-0.15, -0.1) is 5.10 Å². The van der Waals surface area contributed by atoms with Crippen molar-refractivity contribution in [3.63, 3.8) is 0 Å². The number of aliphatic carboxylic acids is 1. The van der Waals surface area contributed by atoms with Gasteiger partial charge in [-0.05, 0) is 25.0 Å². The SMILES string of the molecule is CC(CN(C(=O)c1cnn(-c2ccccc2)n1)C1CC1)C(=O)O. The van der Waals surface area contributed by atoms with Crippen LogP contribution < -0.4 is 0 Å². The van der Waals surface area contributed by atoms with E-state index >= 15 is 0 Å². The molecule has 1 atom stereocenters. The van der Waals surface area contributed by atoms with Gasteiger partial charge in [-0.25, -0.2) is 0 Å². The highest BCUT2D eigenvalue weighted by Gasteiger charge is 2.35. The molecule has 3 rings (SSSR count). The van der Waals surface area contributed by atoms with Gasteiger partial charge < -0.3 is 10.0 Å². The first-order valence-corrected chi connectivity index (χ1v) is 7.58. The Morgan fingerprint density at radius 1 is 1.35 bits per heavy atom. The van der Waals surface area contributed by atoms with E-state index in [2.05, 4.69) is 10.2 Å². The van der Waals surface area contributed by atoms with Crippen LogP contribution in [0.5, 0.6) is 0 Å². The van der Waals surface area contributed by atoms with E-state index in [4.69, 9.17) is 5.11 Å². The molecule has 0 aliphatic heterocycles. The molecule has 1 aliphatic rings. The summed E-state index contributed by atoms with van der Waals surface area (Å²) < 4.78 is 0. The molecule has 7 nitrogen and oxygen atoms in total. The summed E-state index contributed by atoms with van der Waals surface area (Å²) in [6.07, 6.45) is 3.24. The average molecular weight is 314 g/mol. The van der Waals surface area contributed by atoms with Crippen LogP contribution in [0, 0.1) is 5.92 Å². The second-order valence-electron chi connectivity index (χ2n) is 5.78. The van der Waals surface area contributed by atoms with Crippen LogP contribution in [0.15, 0.2) is 36.5 Å². The van der Waals surface area contributed by atoms with Crippen LogP contribution in [-0.4, -0.2) is 49.5 Å². The van der Waals surface area contributed by atoms with Gasteiger partial charge in [0.2, 0.25) is 0 Å². The Kier molecular flexibility index (Phi) is 4.10. The van der Waals surface area contributed by atoms with Crippen LogP contribution in [0.2, 0.25) is 0 Å². The third-order valence-electron chi connectivity index (χ3n) is 3.84. The molecule has 1 N–H and O–H groups in total. The van der Waals surface area contributed by atoms with Crippen LogP contribution >= 0.6 is 0 Å². The Morgan fingerprint density at radius 2 is 2.04 bits per heavy atom. The molecule has 120 valence electrons. The van der Waals surface area contributed by atoms with Crippen molar-refractivity contribution in [2.45, 2.75) is 25.8 Å². The van der Waals surface area contributed by atoms with Gasteiger partial charge in [-0.1, -0.05) is 25.1 Å². The molecule has 1 unspecified atom stereocenters. The zero-order chi connectivity index (χ0) is 16.4. The van der Waals surface area contributed by atoms with Crippen LogP contribution in [0.3, 0.4) is 0 Å². The smallest absolute Gasteiger partial charge is 0.308 e. The molecule has 1 heterocycles. The molecule has 0 radical (unpaired) electrons. The van der Waals surface area contributed by atoms with Crippen molar-refractivity contribution in [3.05, 3.63) is 42.2 Å². The number of hydrogen-bond acceptors (Lipinski definition) is 4. The summed E-state index contributed by atoms with van der Waals surface area (Å²) >= 11 is 0. The van der Waals surface area contributed by atoms with Gasteiger partial charge >= 0.3 is 5.97 Å². The monoisotopic (exact) mass is 314 g/mol. The lowest BCUT2D eigenvalue weighted by Gasteiger charge is -2.23. The van der Waals surface area contributed by atoms with E-state index in [0.29, 0.717) is 0 Å². The molecule has 1 amide bonds. The standard InChI is InChI=1S/C16H18N4O3/c1-11(16(22)23)10-19(12-7-8-12)15(21)14-9-17-20(18-14)13-5-3-2-4-6-13/h2-6,9,11-12H,7-8,10H2,1H3,(H,22,23). The first-order valence-electron chi connectivity index (χ1n) is 7.58. The van der Waals surface area contributed by atoms with Crippen molar-refractivity contribution in [2.24, 2.45) is 5.92 Å². The first-order chi connectivity index (χ1) is 11.1. The van der Waals surface area contributed by atoms with Gasteiger partial charge in [0, 0.05) is 12.6 Å². The highest BCUT2D eigenvalue weighted by molar-refractivity contribution is 5.92. The molecule has 0 saturated heterocycles. The Morgan fingerprint density at radius 3 is 2.65 bits per heavy atom. The van der Waals surface area contributed by atoms with Crippen molar-refractivity contribution in [1.29, 1.82) is 0 Å². The summed E-state index contributed by atoms with van der Waals surface area (Å²) in [4.78, 5) is 26.7. The highest BCUT2D eigenvalue weighted by atomic mass is 16.4. The quantitative estimate of drug-likeness (QED) is 0.875. The van der Waals surface area contributed by atoms with Gasteiger partial charge in [0.05, 0.1) is 17.8 Å². The largest absolute Gasteiger partial charge is 0.481 e. The lowest BCUT2D eigenvalue weighted by atomic mass is 10.1. The fraction of sp³-hybridized carbons (Fsp3) is 0.375. The molecule has 0 bridgehead atoms. The minimum atomic E-state index is -0.906. The second-order valence-corrected chi connectivity index (χ2v) is 5.78. The van der Waals surface area contributed by atoms with Crippen LogP contribution in [0.4, 0.5) is 0 Å². The van der Waals surface area contributed by atoms with Crippen molar-refractivity contribution in [3.8, 4) is 5.69 Å². The summed E-state index contributed by atoms with van der Waals surface area (Å²) in [7, 11) is 0. The molecule has 0 spiro atoms. The molecular weight excluding hydrogens is 296 g/mol. The molecule has 1 aromatic carbocycles. The van der Waals surface area contributed by atoms with Gasteiger partial charge in [0.25, 0.3) is 5.91 Å². The number of hydrogen-bond donors (Lipinski definition) is 1. The van der Waals surface area contributed by atoms with E-state index < -0.39 is 11.9 Å². The third-order valence-corrected chi connectivity index (χ3v) is 3.84. The van der Waals surface area contributed by atoms with E-state index in [1.807, 2.05) is 30.3 Å². The summed E-state index contributed by atoms with van der Waals surface area (Å²) in [5.41, 5.74) is 1.00. The first kappa shape index (κ1) is 15.2. The molecule has 1 aliphatic carbocycles. The van der Waals surface area contributed by atoms with E-state index in [-0.39, 0.29) is 24.2 Å².